The normalized spacial score (nSPS) is 23.1. The first-order chi connectivity index (χ1) is 6.20. The van der Waals surface area contributed by atoms with Crippen LogP contribution in [0.15, 0.2) is 10.3 Å². The van der Waals surface area contributed by atoms with Crippen LogP contribution in [0.5, 0.6) is 0 Å². The van der Waals surface area contributed by atoms with E-state index < -0.39 is 0 Å². The Balaban J connectivity index is 2.58. The van der Waals surface area contributed by atoms with Gasteiger partial charge in [0, 0.05) is 11.9 Å². The second-order valence-electron chi connectivity index (χ2n) is 2.76. The Kier molecular flexibility index (Phi) is 5.41. The van der Waals surface area contributed by atoms with E-state index in [4.69, 9.17) is 23.2 Å². The lowest BCUT2D eigenvalue weighted by Crippen LogP contribution is -3.09. The molecule has 13 heavy (non-hydrogen) atoms. The minimum atomic E-state index is 0.692. The van der Waals surface area contributed by atoms with E-state index >= 15 is 0 Å². The largest absolute Gasteiger partial charge is 0.309 e. The Morgan fingerprint density at radius 2 is 2.00 bits per heavy atom. The highest BCUT2D eigenvalue weighted by molar-refractivity contribution is 9.09. The summed E-state index contributed by atoms with van der Waals surface area (Å²) < 4.78 is 0. The van der Waals surface area contributed by atoms with E-state index in [0.717, 1.165) is 35.6 Å². The quantitative estimate of drug-likeness (QED) is 0.595. The summed E-state index contributed by atoms with van der Waals surface area (Å²) in [6.07, 6.45) is 0. The van der Waals surface area contributed by atoms with E-state index in [1.165, 1.54) is 4.90 Å². The summed E-state index contributed by atoms with van der Waals surface area (Å²) in [5, 5.41) is 3.28. The van der Waals surface area contributed by atoms with Crippen LogP contribution in [0.3, 0.4) is 0 Å². The molecule has 1 heterocycles. The zero-order valence-corrected chi connectivity index (χ0v) is 11.7. The van der Waals surface area contributed by atoms with Gasteiger partial charge in [-0.25, -0.2) is 0 Å². The molecule has 0 amide bonds. The van der Waals surface area contributed by atoms with Crippen molar-refractivity contribution in [3.63, 3.8) is 0 Å². The smallest absolute Gasteiger partial charge is 0.237 e. The van der Waals surface area contributed by atoms with Crippen molar-refractivity contribution in [2.75, 3.05) is 30.4 Å². The van der Waals surface area contributed by atoms with Gasteiger partial charge in [0.25, 0.3) is 0 Å². The first-order valence-electron chi connectivity index (χ1n) is 3.98. The highest BCUT2D eigenvalue weighted by Crippen LogP contribution is 2.17. The van der Waals surface area contributed by atoms with Crippen molar-refractivity contribution in [2.45, 2.75) is 0 Å². The van der Waals surface area contributed by atoms with E-state index in [-0.39, 0.29) is 0 Å². The molecule has 6 heteroatoms. The number of nitrogens with zero attached hydrogens (tertiary/aromatic N) is 1. The van der Waals surface area contributed by atoms with Gasteiger partial charge < -0.3 is 4.90 Å². The highest BCUT2D eigenvalue weighted by Gasteiger charge is 2.30. The third-order valence-corrected chi connectivity index (χ3v) is 3.62. The molecule has 76 valence electrons. The fraction of sp³-hybridized carbons (Fsp3) is 0.714. The molecule has 0 aromatic carbocycles. The van der Waals surface area contributed by atoms with Crippen LogP contribution >= 0.6 is 55.1 Å². The van der Waals surface area contributed by atoms with Crippen LogP contribution in [0.4, 0.5) is 0 Å². The van der Waals surface area contributed by atoms with Gasteiger partial charge in [0.15, 0.2) is 11.8 Å². The molecule has 1 aliphatic heterocycles. The molecule has 1 N–H and O–H groups in total. The predicted octanol–water partition coefficient (Wildman–Crippen LogP) is 1.54. The van der Waals surface area contributed by atoms with Gasteiger partial charge in [0.2, 0.25) is 5.16 Å². The van der Waals surface area contributed by atoms with Gasteiger partial charge in [0.05, 0.1) is 11.9 Å². The molecule has 0 aromatic rings. The van der Waals surface area contributed by atoms with Crippen LogP contribution < -0.4 is 4.90 Å². The SMILES string of the molecule is ClC1=C(Cl)[NH+](CCBr)CN1CCBr. The second-order valence-corrected chi connectivity index (χ2v) is 5.08. The summed E-state index contributed by atoms with van der Waals surface area (Å²) in [7, 11) is 0. The molecule has 0 radical (unpaired) electrons. The molecule has 0 bridgehead atoms. The zero-order valence-electron chi connectivity index (χ0n) is 6.99. The number of quaternary nitrogens is 1. The molecule has 0 saturated heterocycles. The molecule has 1 atom stereocenters. The monoisotopic (exact) mass is 351 g/mol. The second kappa shape index (κ2) is 5.81. The Hall–Kier alpha value is 1.04. The third-order valence-electron chi connectivity index (χ3n) is 1.90. The lowest BCUT2D eigenvalue weighted by Gasteiger charge is -2.15. The van der Waals surface area contributed by atoms with E-state index in [0.29, 0.717) is 5.16 Å². The molecule has 0 aliphatic carbocycles. The number of hydrogen-bond acceptors (Lipinski definition) is 1. The molecule has 1 unspecified atom stereocenters. The van der Waals surface area contributed by atoms with Crippen molar-refractivity contribution in [3.05, 3.63) is 10.3 Å². The molecule has 0 aromatic heterocycles. The summed E-state index contributed by atoms with van der Waals surface area (Å²) in [4.78, 5) is 3.31. The minimum absolute atomic E-state index is 0.692. The number of rotatable bonds is 4. The van der Waals surface area contributed by atoms with E-state index in [2.05, 4.69) is 36.8 Å². The Bertz CT molecular complexity index is 191. The average molecular weight is 354 g/mol. The fourth-order valence-electron chi connectivity index (χ4n) is 1.24. The lowest BCUT2D eigenvalue weighted by molar-refractivity contribution is -0.852. The standard InChI is InChI=1S/C7H10Br2Cl2N2/c8-1-3-12-5-13(4-2-9)7(11)6(12)10/h1-5H2/p+1. The maximum atomic E-state index is 6.07. The third kappa shape index (κ3) is 2.99. The highest BCUT2D eigenvalue weighted by atomic mass is 79.9. The number of halogens is 4. The van der Waals surface area contributed by atoms with Crippen LogP contribution in [0.25, 0.3) is 0 Å². The van der Waals surface area contributed by atoms with Crippen LogP contribution in [0.1, 0.15) is 0 Å². The minimum Gasteiger partial charge on any atom is -0.309 e. The van der Waals surface area contributed by atoms with Gasteiger partial charge in [-0.2, -0.15) is 0 Å². The van der Waals surface area contributed by atoms with Crippen molar-refractivity contribution in [2.24, 2.45) is 0 Å². The fourth-order valence-corrected chi connectivity index (χ4v) is 2.69. The van der Waals surface area contributed by atoms with Crippen molar-refractivity contribution in [1.82, 2.24) is 4.90 Å². The van der Waals surface area contributed by atoms with Crippen LogP contribution in [-0.4, -0.2) is 35.3 Å². The maximum Gasteiger partial charge on any atom is 0.237 e. The number of hydrogen-bond donors (Lipinski definition) is 1. The summed E-state index contributed by atoms with van der Waals surface area (Å²) in [6.45, 7) is 2.74. The van der Waals surface area contributed by atoms with Gasteiger partial charge in [-0.05, 0) is 11.6 Å². The van der Waals surface area contributed by atoms with Crippen molar-refractivity contribution in [1.29, 1.82) is 0 Å². The average Bonchev–Trinajstić information content (AvgIpc) is 2.36. The number of nitrogens with one attached hydrogen (secondary N) is 1. The molecule has 1 rings (SSSR count). The van der Waals surface area contributed by atoms with Crippen molar-refractivity contribution >= 4 is 55.1 Å². The summed E-state index contributed by atoms with van der Waals surface area (Å²) in [6, 6.07) is 0. The van der Waals surface area contributed by atoms with Crippen LogP contribution in [-0.2, 0) is 0 Å². The van der Waals surface area contributed by atoms with E-state index in [1.807, 2.05) is 0 Å². The lowest BCUT2D eigenvalue weighted by atomic mass is 10.6. The van der Waals surface area contributed by atoms with Gasteiger partial charge in [0.1, 0.15) is 0 Å². The number of alkyl halides is 2. The van der Waals surface area contributed by atoms with Gasteiger partial charge in [-0.1, -0.05) is 43.5 Å². The van der Waals surface area contributed by atoms with Gasteiger partial charge >= 0.3 is 0 Å². The van der Waals surface area contributed by atoms with Gasteiger partial charge in [-0.3, -0.25) is 4.90 Å². The Morgan fingerprint density at radius 1 is 1.31 bits per heavy atom. The first kappa shape index (κ1) is 12.1. The predicted molar refractivity (Wildman–Crippen MR) is 63.7 cm³/mol. The topological polar surface area (TPSA) is 7.68 Å². The van der Waals surface area contributed by atoms with E-state index in [9.17, 15) is 0 Å². The Labute approximate surface area is 105 Å². The molecule has 1 aliphatic rings. The van der Waals surface area contributed by atoms with Crippen LogP contribution in [0.2, 0.25) is 0 Å². The Morgan fingerprint density at radius 3 is 2.54 bits per heavy atom. The van der Waals surface area contributed by atoms with E-state index in [1.54, 1.807) is 0 Å². The maximum absolute atomic E-state index is 6.07. The molecular weight excluding hydrogens is 343 g/mol. The van der Waals surface area contributed by atoms with Crippen LogP contribution in [0, 0.1) is 0 Å². The van der Waals surface area contributed by atoms with Gasteiger partial charge in [-0.15, -0.1) is 0 Å². The molecule has 0 saturated carbocycles. The summed E-state index contributed by atoms with van der Waals surface area (Å²) >= 11 is 18.9. The van der Waals surface area contributed by atoms with Crippen molar-refractivity contribution < 1.29 is 4.90 Å². The molecule has 0 fully saturated rings. The summed E-state index contributed by atoms with van der Waals surface area (Å²) in [5.74, 6) is 0. The first-order valence-corrected chi connectivity index (χ1v) is 6.97. The van der Waals surface area contributed by atoms with Crippen molar-refractivity contribution in [3.8, 4) is 0 Å². The zero-order chi connectivity index (χ0) is 9.84. The molecule has 0 spiro atoms. The summed E-state index contributed by atoms with van der Waals surface area (Å²) in [5.41, 5.74) is 0. The molecule has 2 nitrogen and oxygen atoms in total. The molecular formula is C7H11Br2Cl2N2+.